The first-order valence-corrected chi connectivity index (χ1v) is 8.46. The number of nitrogens with zero attached hydrogens (tertiary/aromatic N) is 3. The molecule has 1 aromatic heterocycles. The van der Waals surface area contributed by atoms with Crippen molar-refractivity contribution < 1.29 is 14.1 Å². The van der Waals surface area contributed by atoms with Gasteiger partial charge in [0.2, 0.25) is 12.2 Å². The van der Waals surface area contributed by atoms with Gasteiger partial charge in [-0.05, 0) is 12.1 Å². The number of ether oxygens (including phenoxy) is 1. The zero-order chi connectivity index (χ0) is 16.2. The summed E-state index contributed by atoms with van der Waals surface area (Å²) in [6, 6.07) is 7.73. The summed E-state index contributed by atoms with van der Waals surface area (Å²) in [6.07, 6.45) is 0.935. The van der Waals surface area contributed by atoms with Crippen molar-refractivity contribution in [1.82, 2.24) is 15.0 Å². The Morgan fingerprint density at radius 3 is 2.96 bits per heavy atom. The number of rotatable bonds is 4. The van der Waals surface area contributed by atoms with Crippen molar-refractivity contribution in [2.45, 2.75) is 30.1 Å². The molecule has 0 radical (unpaired) electrons. The van der Waals surface area contributed by atoms with Gasteiger partial charge in [-0.3, -0.25) is 4.79 Å². The fourth-order valence-corrected chi connectivity index (χ4v) is 3.43. The molecular formula is C16H19N3O3S. The van der Waals surface area contributed by atoms with Crippen LogP contribution in [0.5, 0.6) is 0 Å². The lowest BCUT2D eigenvalue weighted by Gasteiger charge is -2.32. The summed E-state index contributed by atoms with van der Waals surface area (Å²) < 4.78 is 10.4. The maximum atomic E-state index is 12.9. The lowest BCUT2D eigenvalue weighted by atomic mass is 10.1. The van der Waals surface area contributed by atoms with E-state index in [-0.39, 0.29) is 12.0 Å². The average molecular weight is 333 g/mol. The van der Waals surface area contributed by atoms with Crippen LogP contribution in [0.25, 0.3) is 0 Å². The highest BCUT2D eigenvalue weighted by molar-refractivity contribution is 8.00. The third-order valence-electron chi connectivity index (χ3n) is 3.50. The maximum Gasteiger partial charge on any atom is 0.255 e. The Labute approximate surface area is 139 Å². The second-order valence-corrected chi connectivity index (χ2v) is 7.18. The van der Waals surface area contributed by atoms with E-state index in [1.807, 2.05) is 24.3 Å². The van der Waals surface area contributed by atoms with Gasteiger partial charge in [0.15, 0.2) is 0 Å². The molecule has 0 unspecified atom stereocenters. The number of carbonyl (C=O) groups is 1. The molecule has 0 saturated carbocycles. The highest BCUT2D eigenvalue weighted by Gasteiger charge is 2.29. The van der Waals surface area contributed by atoms with Crippen LogP contribution in [-0.4, -0.2) is 45.9 Å². The molecule has 3 rings (SSSR count). The first-order chi connectivity index (χ1) is 11.1. The third kappa shape index (κ3) is 3.73. The smallest absolute Gasteiger partial charge is 0.255 e. The van der Waals surface area contributed by atoms with Gasteiger partial charge in [0.25, 0.3) is 5.91 Å². The molecule has 0 aliphatic carbocycles. The van der Waals surface area contributed by atoms with Gasteiger partial charge in [-0.15, -0.1) is 11.8 Å². The number of amides is 1. The number of hydrogen-bond donors (Lipinski definition) is 0. The summed E-state index contributed by atoms with van der Waals surface area (Å²) in [5.74, 6) is 0.498. The molecule has 0 spiro atoms. The minimum atomic E-state index is -0.337. The predicted octanol–water partition coefficient (Wildman–Crippen LogP) is 2.78. The molecule has 2 aromatic rings. The molecule has 0 bridgehead atoms. The number of carbonyl (C=O) groups excluding carboxylic acids is 1. The van der Waals surface area contributed by atoms with Gasteiger partial charge in [0.1, 0.15) is 6.10 Å². The third-order valence-corrected chi connectivity index (χ3v) is 4.58. The molecule has 7 heteroatoms. The number of aromatic nitrogens is 2. The molecule has 122 valence electrons. The van der Waals surface area contributed by atoms with E-state index in [0.717, 1.165) is 10.5 Å². The molecule has 1 aromatic carbocycles. The Kier molecular flexibility index (Phi) is 4.97. The van der Waals surface area contributed by atoms with Crippen molar-refractivity contribution in [2.24, 2.45) is 0 Å². The van der Waals surface area contributed by atoms with E-state index in [4.69, 9.17) is 9.26 Å². The standard InChI is InChI=1S/C16H19N3O3S/c1-11(2)23-14-6-4-3-5-12(14)16(20)19-7-8-21-13(9-19)15-17-10-22-18-15/h3-6,10-11,13H,7-9H2,1-2H3/t13-/m1/s1. The predicted molar refractivity (Wildman–Crippen MR) is 86.3 cm³/mol. The van der Waals surface area contributed by atoms with E-state index in [1.165, 1.54) is 6.39 Å². The molecule has 2 heterocycles. The molecule has 1 saturated heterocycles. The lowest BCUT2D eigenvalue weighted by Crippen LogP contribution is -2.42. The molecule has 1 aliphatic rings. The van der Waals surface area contributed by atoms with Crippen LogP contribution in [0.2, 0.25) is 0 Å². The summed E-state index contributed by atoms with van der Waals surface area (Å²) in [5.41, 5.74) is 0.736. The zero-order valence-corrected chi connectivity index (χ0v) is 14.0. The second kappa shape index (κ2) is 7.14. The SMILES string of the molecule is CC(C)Sc1ccccc1C(=O)N1CCO[C@@H](c2ncon2)C1. The van der Waals surface area contributed by atoms with Crippen LogP contribution < -0.4 is 0 Å². The van der Waals surface area contributed by atoms with E-state index < -0.39 is 0 Å². The average Bonchev–Trinajstić information content (AvgIpc) is 3.09. The fraction of sp³-hybridized carbons (Fsp3) is 0.438. The van der Waals surface area contributed by atoms with E-state index in [1.54, 1.807) is 16.7 Å². The van der Waals surface area contributed by atoms with Crippen molar-refractivity contribution in [3.8, 4) is 0 Å². The fourth-order valence-electron chi connectivity index (χ4n) is 2.48. The van der Waals surface area contributed by atoms with E-state index in [0.29, 0.717) is 30.8 Å². The quantitative estimate of drug-likeness (QED) is 0.802. The topological polar surface area (TPSA) is 68.5 Å². The van der Waals surface area contributed by atoms with Gasteiger partial charge in [-0.1, -0.05) is 31.1 Å². The van der Waals surface area contributed by atoms with Crippen LogP contribution in [0.15, 0.2) is 40.1 Å². The highest BCUT2D eigenvalue weighted by atomic mass is 32.2. The van der Waals surface area contributed by atoms with Crippen molar-refractivity contribution >= 4 is 17.7 Å². The van der Waals surface area contributed by atoms with Crippen LogP contribution in [-0.2, 0) is 4.74 Å². The summed E-state index contributed by atoms with van der Waals surface area (Å²) in [5, 5.41) is 4.23. The van der Waals surface area contributed by atoms with Gasteiger partial charge >= 0.3 is 0 Å². The molecule has 23 heavy (non-hydrogen) atoms. The molecule has 1 fully saturated rings. The zero-order valence-electron chi connectivity index (χ0n) is 13.1. The highest BCUT2D eigenvalue weighted by Crippen LogP contribution is 2.28. The van der Waals surface area contributed by atoms with Gasteiger partial charge in [-0.25, -0.2) is 0 Å². The minimum Gasteiger partial charge on any atom is -0.366 e. The van der Waals surface area contributed by atoms with Crippen LogP contribution in [0.3, 0.4) is 0 Å². The largest absolute Gasteiger partial charge is 0.366 e. The Balaban J connectivity index is 1.77. The second-order valence-electron chi connectivity index (χ2n) is 5.56. The maximum absolute atomic E-state index is 12.9. The van der Waals surface area contributed by atoms with Crippen LogP contribution in [0.4, 0.5) is 0 Å². The minimum absolute atomic E-state index is 0.0190. The van der Waals surface area contributed by atoms with Crippen LogP contribution in [0.1, 0.15) is 36.1 Å². The lowest BCUT2D eigenvalue weighted by molar-refractivity contribution is -0.0277. The van der Waals surface area contributed by atoms with Gasteiger partial charge in [-0.2, -0.15) is 4.98 Å². The normalized spacial score (nSPS) is 18.4. The first kappa shape index (κ1) is 16.0. The van der Waals surface area contributed by atoms with Crippen molar-refractivity contribution in [2.75, 3.05) is 19.7 Å². The Hall–Kier alpha value is -1.86. The molecular weight excluding hydrogens is 314 g/mol. The number of benzene rings is 1. The van der Waals surface area contributed by atoms with Crippen LogP contribution in [0, 0.1) is 0 Å². The molecule has 6 nitrogen and oxygen atoms in total. The van der Waals surface area contributed by atoms with E-state index in [9.17, 15) is 4.79 Å². The van der Waals surface area contributed by atoms with Crippen molar-refractivity contribution in [3.63, 3.8) is 0 Å². The van der Waals surface area contributed by atoms with Gasteiger partial charge < -0.3 is 14.2 Å². The van der Waals surface area contributed by atoms with E-state index in [2.05, 4.69) is 24.0 Å². The molecule has 1 aliphatic heterocycles. The van der Waals surface area contributed by atoms with Crippen LogP contribution >= 0.6 is 11.8 Å². The Morgan fingerprint density at radius 2 is 2.22 bits per heavy atom. The summed E-state index contributed by atoms with van der Waals surface area (Å²) in [6.45, 7) is 5.69. The summed E-state index contributed by atoms with van der Waals surface area (Å²) in [7, 11) is 0. The molecule has 1 amide bonds. The number of thioether (sulfide) groups is 1. The number of hydrogen-bond acceptors (Lipinski definition) is 6. The Morgan fingerprint density at radius 1 is 1.39 bits per heavy atom. The van der Waals surface area contributed by atoms with Gasteiger partial charge in [0.05, 0.1) is 18.7 Å². The molecule has 1 atom stereocenters. The van der Waals surface area contributed by atoms with Crippen molar-refractivity contribution in [1.29, 1.82) is 0 Å². The Bertz CT molecular complexity index is 660. The van der Waals surface area contributed by atoms with Crippen molar-refractivity contribution in [3.05, 3.63) is 42.0 Å². The summed E-state index contributed by atoms with van der Waals surface area (Å²) in [4.78, 5) is 19.7. The summed E-state index contributed by atoms with van der Waals surface area (Å²) >= 11 is 1.70. The van der Waals surface area contributed by atoms with E-state index >= 15 is 0 Å². The first-order valence-electron chi connectivity index (χ1n) is 7.58. The monoisotopic (exact) mass is 333 g/mol. The molecule has 0 N–H and O–H groups in total. The van der Waals surface area contributed by atoms with Gasteiger partial charge in [0, 0.05) is 16.7 Å². The number of morpholine rings is 1.